The van der Waals surface area contributed by atoms with Crippen molar-refractivity contribution in [2.75, 3.05) is 12.3 Å². The van der Waals surface area contributed by atoms with E-state index in [1.807, 2.05) is 20.8 Å². The number of rotatable bonds is 3. The molecule has 0 aliphatic heterocycles. The number of carbonyl (C=O) groups excluding carboxylic acids is 1. The zero-order valence-corrected chi connectivity index (χ0v) is 10.9. The third-order valence-electron chi connectivity index (χ3n) is 1.86. The average molecular weight is 249 g/mol. The lowest BCUT2D eigenvalue weighted by Crippen LogP contribution is -2.32. The molecule has 0 spiro atoms. The van der Waals surface area contributed by atoms with Gasteiger partial charge in [-0.2, -0.15) is 0 Å². The molecule has 0 aromatic carbocycles. The zero-order chi connectivity index (χ0) is 13.6. The molecule has 18 heavy (non-hydrogen) atoms. The number of amides is 1. The highest BCUT2D eigenvalue weighted by Crippen LogP contribution is 2.06. The minimum atomic E-state index is -0.480. The van der Waals surface area contributed by atoms with Gasteiger partial charge >= 0.3 is 6.09 Å². The molecule has 0 fully saturated rings. The summed E-state index contributed by atoms with van der Waals surface area (Å²) in [5.74, 6) is 0. The molecule has 0 saturated carbocycles. The largest absolute Gasteiger partial charge is 0.444 e. The number of carbonyl (C=O) groups is 1. The Kier molecular flexibility index (Phi) is 4.71. The van der Waals surface area contributed by atoms with Crippen LogP contribution in [0, 0.1) is 0 Å². The van der Waals surface area contributed by atoms with E-state index in [2.05, 4.69) is 10.3 Å². The van der Waals surface area contributed by atoms with Crippen LogP contribution in [-0.4, -0.2) is 23.2 Å². The van der Waals surface area contributed by atoms with Gasteiger partial charge in [-0.15, -0.1) is 0 Å². The van der Waals surface area contributed by atoms with Gasteiger partial charge in [-0.1, -0.05) is 6.08 Å². The van der Waals surface area contributed by atoms with Crippen LogP contribution >= 0.6 is 0 Å². The fraction of sp³-hybridized carbons (Fsp3) is 0.385. The molecule has 0 bridgehead atoms. The molecule has 5 heteroatoms. The van der Waals surface area contributed by atoms with Crippen LogP contribution in [0.1, 0.15) is 26.5 Å². The van der Waals surface area contributed by atoms with Crippen LogP contribution in [0.2, 0.25) is 0 Å². The first-order chi connectivity index (χ1) is 8.37. The lowest BCUT2D eigenvalue weighted by molar-refractivity contribution is 0.0534. The number of hydrogen-bond acceptors (Lipinski definition) is 4. The molecular formula is C13H19N3O2. The number of alkyl carbamates (subject to hydrolysis) is 1. The molecule has 0 aliphatic rings. The number of nitrogens with zero attached hydrogens (tertiary/aromatic N) is 1. The number of ether oxygens (including phenoxy) is 1. The molecule has 98 valence electrons. The van der Waals surface area contributed by atoms with Gasteiger partial charge in [0.2, 0.25) is 0 Å². The zero-order valence-electron chi connectivity index (χ0n) is 10.9. The van der Waals surface area contributed by atoms with Crippen LogP contribution in [-0.2, 0) is 4.74 Å². The smallest absolute Gasteiger partial charge is 0.407 e. The van der Waals surface area contributed by atoms with Gasteiger partial charge in [0.05, 0.1) is 17.6 Å². The molecule has 3 N–H and O–H groups in total. The maximum absolute atomic E-state index is 11.3. The minimum absolute atomic E-state index is 0.390. The quantitative estimate of drug-likeness (QED) is 0.861. The fourth-order valence-corrected chi connectivity index (χ4v) is 1.15. The molecule has 1 heterocycles. The van der Waals surface area contributed by atoms with E-state index in [0.717, 1.165) is 5.69 Å². The van der Waals surface area contributed by atoms with E-state index >= 15 is 0 Å². The summed E-state index contributed by atoms with van der Waals surface area (Å²) in [6.07, 6.45) is 4.75. The Labute approximate surface area is 107 Å². The van der Waals surface area contributed by atoms with Crippen LogP contribution < -0.4 is 11.1 Å². The summed E-state index contributed by atoms with van der Waals surface area (Å²) < 4.78 is 5.09. The molecule has 1 aromatic heterocycles. The second kappa shape index (κ2) is 6.05. The summed E-state index contributed by atoms with van der Waals surface area (Å²) in [6, 6.07) is 3.58. The van der Waals surface area contributed by atoms with Crippen molar-refractivity contribution in [3.63, 3.8) is 0 Å². The van der Waals surface area contributed by atoms with Crippen molar-refractivity contribution in [2.24, 2.45) is 0 Å². The summed E-state index contributed by atoms with van der Waals surface area (Å²) in [6.45, 7) is 5.85. The first-order valence-electron chi connectivity index (χ1n) is 5.72. The molecule has 0 unspecified atom stereocenters. The number of nitrogens with two attached hydrogens (primary N) is 1. The molecule has 0 aliphatic carbocycles. The summed E-state index contributed by atoms with van der Waals surface area (Å²) in [4.78, 5) is 15.4. The summed E-state index contributed by atoms with van der Waals surface area (Å²) in [5, 5.41) is 2.62. The van der Waals surface area contributed by atoms with Gasteiger partial charge in [0.15, 0.2) is 0 Å². The molecule has 0 atom stereocenters. The van der Waals surface area contributed by atoms with Crippen molar-refractivity contribution in [1.82, 2.24) is 10.3 Å². The van der Waals surface area contributed by atoms with E-state index in [4.69, 9.17) is 10.5 Å². The van der Waals surface area contributed by atoms with Gasteiger partial charge in [0, 0.05) is 6.54 Å². The van der Waals surface area contributed by atoms with Crippen LogP contribution in [0.25, 0.3) is 6.08 Å². The van der Waals surface area contributed by atoms with Crippen LogP contribution in [0.15, 0.2) is 24.4 Å². The number of hydrogen-bond donors (Lipinski definition) is 2. The summed E-state index contributed by atoms with van der Waals surface area (Å²) >= 11 is 0. The Morgan fingerprint density at radius 3 is 2.78 bits per heavy atom. The third kappa shape index (κ3) is 5.89. The van der Waals surface area contributed by atoms with E-state index in [-0.39, 0.29) is 0 Å². The van der Waals surface area contributed by atoms with Crippen molar-refractivity contribution in [2.45, 2.75) is 26.4 Å². The van der Waals surface area contributed by atoms with Gasteiger partial charge in [0.1, 0.15) is 5.60 Å². The normalized spacial score (nSPS) is 11.5. The molecule has 0 saturated heterocycles. The van der Waals surface area contributed by atoms with Crippen LogP contribution in [0.5, 0.6) is 0 Å². The summed E-state index contributed by atoms with van der Waals surface area (Å²) in [5.41, 5.74) is 6.45. The minimum Gasteiger partial charge on any atom is -0.444 e. The maximum Gasteiger partial charge on any atom is 0.407 e. The predicted molar refractivity (Wildman–Crippen MR) is 71.9 cm³/mol. The highest BCUT2D eigenvalue weighted by atomic mass is 16.6. The highest BCUT2D eigenvalue weighted by Gasteiger charge is 2.14. The van der Waals surface area contributed by atoms with Crippen molar-refractivity contribution >= 4 is 17.9 Å². The number of pyridine rings is 1. The molecule has 5 nitrogen and oxygen atoms in total. The van der Waals surface area contributed by atoms with Crippen molar-refractivity contribution in [1.29, 1.82) is 0 Å². The van der Waals surface area contributed by atoms with Gasteiger partial charge in [0.25, 0.3) is 0 Å². The predicted octanol–water partition coefficient (Wildman–Crippen LogP) is 2.20. The first-order valence-corrected chi connectivity index (χ1v) is 5.72. The monoisotopic (exact) mass is 249 g/mol. The maximum atomic E-state index is 11.3. The van der Waals surface area contributed by atoms with Gasteiger partial charge in [-0.25, -0.2) is 4.79 Å². The molecule has 0 radical (unpaired) electrons. The fourth-order valence-electron chi connectivity index (χ4n) is 1.15. The van der Waals surface area contributed by atoms with E-state index in [0.29, 0.717) is 12.2 Å². The third-order valence-corrected chi connectivity index (χ3v) is 1.86. The van der Waals surface area contributed by atoms with Crippen LogP contribution in [0.4, 0.5) is 10.5 Å². The Bertz CT molecular complexity index is 419. The topological polar surface area (TPSA) is 77.2 Å². The Hall–Kier alpha value is -2.04. The SMILES string of the molecule is CC(C)(C)OC(=O)NCC=Cc1ccc(N)cn1. The Morgan fingerprint density at radius 2 is 2.22 bits per heavy atom. The second-order valence-corrected chi connectivity index (χ2v) is 4.80. The molecule has 1 rings (SSSR count). The van der Waals surface area contributed by atoms with Crippen molar-refractivity contribution in [3.05, 3.63) is 30.1 Å². The van der Waals surface area contributed by atoms with Crippen LogP contribution in [0.3, 0.4) is 0 Å². The second-order valence-electron chi connectivity index (χ2n) is 4.80. The van der Waals surface area contributed by atoms with Crippen molar-refractivity contribution < 1.29 is 9.53 Å². The number of aromatic nitrogens is 1. The molecule has 1 amide bonds. The van der Waals surface area contributed by atoms with E-state index in [1.165, 1.54) is 0 Å². The Balaban J connectivity index is 2.33. The number of nitrogen functional groups attached to an aromatic ring is 1. The summed E-state index contributed by atoms with van der Waals surface area (Å²) in [7, 11) is 0. The average Bonchev–Trinajstić information content (AvgIpc) is 2.24. The molecular weight excluding hydrogens is 230 g/mol. The van der Waals surface area contributed by atoms with Crippen molar-refractivity contribution in [3.8, 4) is 0 Å². The number of nitrogens with one attached hydrogen (secondary N) is 1. The number of anilines is 1. The lowest BCUT2D eigenvalue weighted by Gasteiger charge is -2.19. The molecule has 1 aromatic rings. The highest BCUT2D eigenvalue weighted by molar-refractivity contribution is 5.68. The van der Waals surface area contributed by atoms with E-state index in [9.17, 15) is 4.79 Å². The lowest BCUT2D eigenvalue weighted by atomic mass is 10.2. The standard InChI is InChI=1S/C13H19N3O2/c1-13(2,3)18-12(17)15-8-4-5-11-7-6-10(14)9-16-11/h4-7,9H,8,14H2,1-3H3,(H,15,17). The van der Waals surface area contributed by atoms with Gasteiger partial charge in [-0.3, -0.25) is 4.98 Å². The van der Waals surface area contributed by atoms with E-state index < -0.39 is 11.7 Å². The Morgan fingerprint density at radius 1 is 1.50 bits per heavy atom. The van der Waals surface area contributed by atoms with Gasteiger partial charge in [-0.05, 0) is 39.0 Å². The first kappa shape index (κ1) is 14.0. The van der Waals surface area contributed by atoms with E-state index in [1.54, 1.807) is 30.5 Å². The van der Waals surface area contributed by atoms with Gasteiger partial charge < -0.3 is 15.8 Å².